The van der Waals surface area contributed by atoms with Crippen LogP contribution in [0.3, 0.4) is 0 Å². The lowest BCUT2D eigenvalue weighted by molar-refractivity contribution is -0.142. The molecule has 80 valence electrons. The lowest BCUT2D eigenvalue weighted by atomic mass is 9.88. The van der Waals surface area contributed by atoms with Crippen LogP contribution in [-0.4, -0.2) is 29.4 Å². The number of phenols is 1. The molecular weight excluding hydrogens is 196 g/mol. The Labute approximate surface area is 87.1 Å². The number of hydrogen-bond acceptors (Lipinski definition) is 3. The molecule has 1 fully saturated rings. The predicted molar refractivity (Wildman–Crippen MR) is 52.8 cm³/mol. The largest absolute Gasteiger partial charge is 0.508 e. The lowest BCUT2D eigenvalue weighted by Gasteiger charge is -2.14. The molecule has 2 atom stereocenters. The number of hydrogen-bond donors (Lipinski definition) is 2. The van der Waals surface area contributed by atoms with Crippen molar-refractivity contribution in [3.63, 3.8) is 0 Å². The first kappa shape index (κ1) is 9.98. The molecule has 1 aliphatic heterocycles. The number of aromatic hydroxyl groups is 1. The Hall–Kier alpha value is -1.55. The molecule has 0 radical (unpaired) electrons. The van der Waals surface area contributed by atoms with Gasteiger partial charge in [-0.25, -0.2) is 0 Å². The smallest absolute Gasteiger partial charge is 0.309 e. The topological polar surface area (TPSA) is 66.8 Å². The molecule has 1 aliphatic rings. The van der Waals surface area contributed by atoms with Crippen molar-refractivity contribution in [2.75, 3.05) is 13.2 Å². The van der Waals surface area contributed by atoms with E-state index in [1.54, 1.807) is 24.3 Å². The number of phenolic OH excluding ortho intramolecular Hbond substituents is 1. The molecule has 4 nitrogen and oxygen atoms in total. The van der Waals surface area contributed by atoms with Crippen molar-refractivity contribution in [1.82, 2.24) is 0 Å². The molecular formula is C11H12O4. The van der Waals surface area contributed by atoms with Crippen LogP contribution < -0.4 is 0 Å². The summed E-state index contributed by atoms with van der Waals surface area (Å²) in [5.74, 6) is -1.54. The molecule has 0 amide bonds. The standard InChI is InChI=1S/C11H12O4/c12-10-4-2-1-3-7(10)8-5-15-6-9(8)11(13)14/h1-4,8-9,12H,5-6H2,(H,13,14). The first-order chi connectivity index (χ1) is 7.20. The normalized spacial score (nSPS) is 25.3. The van der Waals surface area contributed by atoms with E-state index < -0.39 is 11.9 Å². The zero-order valence-electron chi connectivity index (χ0n) is 8.09. The highest BCUT2D eigenvalue weighted by Gasteiger charge is 2.36. The van der Waals surface area contributed by atoms with Crippen molar-refractivity contribution in [2.45, 2.75) is 5.92 Å². The van der Waals surface area contributed by atoms with E-state index in [4.69, 9.17) is 9.84 Å². The first-order valence-corrected chi connectivity index (χ1v) is 4.78. The van der Waals surface area contributed by atoms with Gasteiger partial charge in [-0.2, -0.15) is 0 Å². The third kappa shape index (κ3) is 1.80. The van der Waals surface area contributed by atoms with E-state index >= 15 is 0 Å². The maximum atomic E-state index is 10.9. The molecule has 0 aromatic heterocycles. The van der Waals surface area contributed by atoms with Crippen molar-refractivity contribution in [3.8, 4) is 5.75 Å². The Morgan fingerprint density at radius 3 is 2.73 bits per heavy atom. The second-order valence-electron chi connectivity index (χ2n) is 3.65. The van der Waals surface area contributed by atoms with Gasteiger partial charge in [-0.15, -0.1) is 0 Å². The fraction of sp³-hybridized carbons (Fsp3) is 0.364. The number of benzene rings is 1. The van der Waals surface area contributed by atoms with Crippen LogP contribution in [0.1, 0.15) is 11.5 Å². The molecule has 15 heavy (non-hydrogen) atoms. The highest BCUT2D eigenvalue weighted by molar-refractivity contribution is 5.72. The van der Waals surface area contributed by atoms with Crippen LogP contribution >= 0.6 is 0 Å². The highest BCUT2D eigenvalue weighted by Crippen LogP contribution is 2.35. The third-order valence-corrected chi connectivity index (χ3v) is 2.73. The van der Waals surface area contributed by atoms with Gasteiger partial charge in [0.25, 0.3) is 0 Å². The van der Waals surface area contributed by atoms with Crippen LogP contribution in [0.2, 0.25) is 0 Å². The third-order valence-electron chi connectivity index (χ3n) is 2.73. The molecule has 1 aromatic carbocycles. The summed E-state index contributed by atoms with van der Waals surface area (Å²) in [6.45, 7) is 0.572. The molecule has 0 aliphatic carbocycles. The molecule has 2 unspecified atom stereocenters. The molecule has 0 spiro atoms. The molecule has 4 heteroatoms. The van der Waals surface area contributed by atoms with Crippen LogP contribution in [-0.2, 0) is 9.53 Å². The maximum Gasteiger partial charge on any atom is 0.309 e. The predicted octanol–water partition coefficient (Wildman–Crippen LogP) is 1.21. The van der Waals surface area contributed by atoms with Gasteiger partial charge in [0.05, 0.1) is 19.1 Å². The Morgan fingerprint density at radius 1 is 1.33 bits per heavy atom. The van der Waals surface area contributed by atoms with Crippen molar-refractivity contribution in [2.24, 2.45) is 5.92 Å². The van der Waals surface area contributed by atoms with E-state index in [1.807, 2.05) is 0 Å². The van der Waals surface area contributed by atoms with Gasteiger partial charge in [0.15, 0.2) is 0 Å². The van der Waals surface area contributed by atoms with Crippen LogP contribution in [0.4, 0.5) is 0 Å². The number of carboxylic acids is 1. The van der Waals surface area contributed by atoms with E-state index in [0.717, 1.165) is 0 Å². The van der Waals surface area contributed by atoms with E-state index in [9.17, 15) is 9.90 Å². The molecule has 2 N–H and O–H groups in total. The Morgan fingerprint density at radius 2 is 2.07 bits per heavy atom. The first-order valence-electron chi connectivity index (χ1n) is 4.78. The second-order valence-corrected chi connectivity index (χ2v) is 3.65. The Balaban J connectivity index is 2.30. The van der Waals surface area contributed by atoms with Crippen LogP contribution in [0, 0.1) is 5.92 Å². The van der Waals surface area contributed by atoms with Crippen molar-refractivity contribution in [3.05, 3.63) is 29.8 Å². The van der Waals surface area contributed by atoms with Crippen molar-refractivity contribution < 1.29 is 19.7 Å². The number of para-hydroxylation sites is 1. The number of aliphatic carboxylic acids is 1. The fourth-order valence-electron chi connectivity index (χ4n) is 1.91. The van der Waals surface area contributed by atoms with Gasteiger partial charge in [0.1, 0.15) is 5.75 Å². The highest BCUT2D eigenvalue weighted by atomic mass is 16.5. The summed E-state index contributed by atoms with van der Waals surface area (Å²) in [5.41, 5.74) is 0.655. The van der Waals surface area contributed by atoms with E-state index in [0.29, 0.717) is 12.2 Å². The summed E-state index contributed by atoms with van der Waals surface area (Å²) in [7, 11) is 0. The van der Waals surface area contributed by atoms with Gasteiger partial charge < -0.3 is 14.9 Å². The monoisotopic (exact) mass is 208 g/mol. The summed E-state index contributed by atoms with van der Waals surface area (Å²) in [6, 6.07) is 6.80. The van der Waals surface area contributed by atoms with E-state index in [2.05, 4.69) is 0 Å². The van der Waals surface area contributed by atoms with Crippen LogP contribution in [0.15, 0.2) is 24.3 Å². The minimum Gasteiger partial charge on any atom is -0.508 e. The van der Waals surface area contributed by atoms with Crippen molar-refractivity contribution in [1.29, 1.82) is 0 Å². The summed E-state index contributed by atoms with van der Waals surface area (Å²) in [6.07, 6.45) is 0. The van der Waals surface area contributed by atoms with Crippen LogP contribution in [0.5, 0.6) is 5.75 Å². The van der Waals surface area contributed by atoms with Gasteiger partial charge >= 0.3 is 5.97 Å². The Bertz CT molecular complexity index is 375. The molecule has 0 saturated carbocycles. The average Bonchev–Trinajstić information content (AvgIpc) is 2.67. The number of carboxylic acid groups (broad SMARTS) is 1. The molecule has 1 saturated heterocycles. The van der Waals surface area contributed by atoms with Gasteiger partial charge in [-0.1, -0.05) is 18.2 Å². The van der Waals surface area contributed by atoms with Crippen LogP contribution in [0.25, 0.3) is 0 Å². The van der Waals surface area contributed by atoms with Gasteiger partial charge in [-0.05, 0) is 6.07 Å². The number of rotatable bonds is 2. The number of carbonyl (C=O) groups is 1. The molecule has 1 heterocycles. The molecule has 1 aromatic rings. The number of ether oxygens (including phenoxy) is 1. The maximum absolute atomic E-state index is 10.9. The zero-order valence-corrected chi connectivity index (χ0v) is 8.09. The summed E-state index contributed by atoms with van der Waals surface area (Å²) in [4.78, 5) is 10.9. The van der Waals surface area contributed by atoms with Gasteiger partial charge in [0.2, 0.25) is 0 Å². The average molecular weight is 208 g/mol. The lowest BCUT2D eigenvalue weighted by Crippen LogP contribution is -2.20. The molecule has 0 bridgehead atoms. The zero-order chi connectivity index (χ0) is 10.8. The quantitative estimate of drug-likeness (QED) is 0.766. The fourth-order valence-corrected chi connectivity index (χ4v) is 1.91. The minimum absolute atomic E-state index is 0.138. The molecule has 2 rings (SSSR count). The second kappa shape index (κ2) is 3.90. The van der Waals surface area contributed by atoms with E-state index in [1.165, 1.54) is 0 Å². The van der Waals surface area contributed by atoms with Gasteiger partial charge in [0, 0.05) is 11.5 Å². The minimum atomic E-state index is -0.874. The summed E-state index contributed by atoms with van der Waals surface area (Å²) in [5, 5.41) is 18.6. The SMILES string of the molecule is O=C(O)C1COCC1c1ccccc1O. The van der Waals surface area contributed by atoms with E-state index in [-0.39, 0.29) is 18.3 Å². The summed E-state index contributed by atoms with van der Waals surface area (Å²) >= 11 is 0. The van der Waals surface area contributed by atoms with Crippen molar-refractivity contribution >= 4 is 5.97 Å². The summed E-state index contributed by atoms with van der Waals surface area (Å²) < 4.78 is 5.15. The Kier molecular flexibility index (Phi) is 2.60. The van der Waals surface area contributed by atoms with Gasteiger partial charge in [-0.3, -0.25) is 4.79 Å².